The molecule has 3 aromatic carbocycles. The third kappa shape index (κ3) is 3.67. The molecule has 0 aliphatic heterocycles. The number of benzene rings is 3. The minimum Gasteiger partial charge on any atom is -0.478 e. The maximum absolute atomic E-state index is 12.4. The molecular formula is C20H16N2O3. The second kappa shape index (κ2) is 6.88. The zero-order valence-electron chi connectivity index (χ0n) is 13.3. The van der Waals surface area contributed by atoms with Crippen LogP contribution in [0.1, 0.15) is 26.3 Å². The summed E-state index contributed by atoms with van der Waals surface area (Å²) in [5.41, 5.74) is 8.93. The molecule has 0 atom stereocenters. The van der Waals surface area contributed by atoms with Gasteiger partial charge in [0.1, 0.15) is 0 Å². The SMILES string of the molecule is Nc1cc(C(=O)O)ccc1Nc1ccc(C(=O)c2ccccc2)cc1. The third-order valence-corrected chi connectivity index (χ3v) is 3.76. The van der Waals surface area contributed by atoms with Gasteiger partial charge in [-0.05, 0) is 42.5 Å². The number of rotatable bonds is 5. The van der Waals surface area contributed by atoms with Crippen LogP contribution in [0.15, 0.2) is 72.8 Å². The maximum Gasteiger partial charge on any atom is 0.335 e. The Balaban J connectivity index is 1.77. The van der Waals surface area contributed by atoms with Gasteiger partial charge in [0.2, 0.25) is 0 Å². The van der Waals surface area contributed by atoms with E-state index in [9.17, 15) is 9.59 Å². The molecule has 3 rings (SSSR count). The van der Waals surface area contributed by atoms with E-state index < -0.39 is 5.97 Å². The number of carboxylic acid groups (broad SMARTS) is 1. The molecule has 0 aliphatic carbocycles. The minimum absolute atomic E-state index is 0.0440. The standard InChI is InChI=1S/C20H16N2O3/c21-17-12-15(20(24)25)8-11-18(17)22-16-9-6-14(7-10-16)19(23)13-4-2-1-3-5-13/h1-12,22H,21H2,(H,24,25). The number of nitrogen functional groups attached to an aromatic ring is 1. The Morgan fingerprint density at radius 3 is 2.00 bits per heavy atom. The molecule has 5 heteroatoms. The number of carbonyl (C=O) groups excluding carboxylic acids is 1. The van der Waals surface area contributed by atoms with Crippen molar-refractivity contribution in [3.63, 3.8) is 0 Å². The highest BCUT2D eigenvalue weighted by Gasteiger charge is 2.09. The molecule has 0 spiro atoms. The Labute approximate surface area is 144 Å². The number of aromatic carboxylic acids is 1. The van der Waals surface area contributed by atoms with Crippen molar-refractivity contribution in [1.29, 1.82) is 0 Å². The van der Waals surface area contributed by atoms with Crippen LogP contribution in [0.2, 0.25) is 0 Å². The topological polar surface area (TPSA) is 92.4 Å². The number of hydrogen-bond acceptors (Lipinski definition) is 4. The first-order valence-electron chi connectivity index (χ1n) is 7.64. The van der Waals surface area contributed by atoms with Crippen LogP contribution in [-0.4, -0.2) is 16.9 Å². The quantitative estimate of drug-likeness (QED) is 0.486. The lowest BCUT2D eigenvalue weighted by Crippen LogP contribution is -2.02. The summed E-state index contributed by atoms with van der Waals surface area (Å²) in [5, 5.41) is 12.1. The third-order valence-electron chi connectivity index (χ3n) is 3.76. The van der Waals surface area contributed by atoms with E-state index in [1.165, 1.54) is 12.1 Å². The van der Waals surface area contributed by atoms with Crippen LogP contribution in [0, 0.1) is 0 Å². The lowest BCUT2D eigenvalue weighted by molar-refractivity contribution is 0.0696. The number of hydrogen-bond donors (Lipinski definition) is 3. The van der Waals surface area contributed by atoms with Gasteiger partial charge in [-0.25, -0.2) is 4.79 Å². The highest BCUT2D eigenvalue weighted by atomic mass is 16.4. The molecule has 0 unspecified atom stereocenters. The number of carbonyl (C=O) groups is 2. The molecule has 0 fully saturated rings. The summed E-state index contributed by atoms with van der Waals surface area (Å²) in [6, 6.07) is 20.6. The van der Waals surface area contributed by atoms with Gasteiger partial charge in [0.25, 0.3) is 0 Å². The second-order valence-corrected chi connectivity index (χ2v) is 5.50. The van der Waals surface area contributed by atoms with Crippen LogP contribution >= 0.6 is 0 Å². The first-order chi connectivity index (χ1) is 12.0. The molecule has 0 bridgehead atoms. The lowest BCUT2D eigenvalue weighted by Gasteiger charge is -2.10. The van der Waals surface area contributed by atoms with E-state index in [0.717, 1.165) is 5.69 Å². The molecule has 5 nitrogen and oxygen atoms in total. The molecule has 124 valence electrons. The molecule has 0 aliphatic rings. The van der Waals surface area contributed by atoms with Crippen molar-refractivity contribution in [2.24, 2.45) is 0 Å². The Bertz CT molecular complexity index is 919. The summed E-state index contributed by atoms with van der Waals surface area (Å²) in [4.78, 5) is 23.3. The lowest BCUT2D eigenvalue weighted by atomic mass is 10.0. The molecule has 0 aromatic heterocycles. The Kier molecular flexibility index (Phi) is 4.48. The van der Waals surface area contributed by atoms with Gasteiger partial charge in [-0.1, -0.05) is 30.3 Å². The summed E-state index contributed by atoms with van der Waals surface area (Å²) in [6.07, 6.45) is 0. The van der Waals surface area contributed by atoms with E-state index in [1.54, 1.807) is 42.5 Å². The maximum atomic E-state index is 12.4. The highest BCUT2D eigenvalue weighted by Crippen LogP contribution is 2.25. The molecule has 25 heavy (non-hydrogen) atoms. The summed E-state index contributed by atoms with van der Waals surface area (Å²) < 4.78 is 0. The average Bonchev–Trinajstić information content (AvgIpc) is 2.64. The van der Waals surface area contributed by atoms with E-state index in [2.05, 4.69) is 5.32 Å². The minimum atomic E-state index is -1.03. The van der Waals surface area contributed by atoms with Gasteiger partial charge in [0.15, 0.2) is 5.78 Å². The van der Waals surface area contributed by atoms with E-state index in [-0.39, 0.29) is 11.3 Å². The zero-order valence-corrected chi connectivity index (χ0v) is 13.3. The van der Waals surface area contributed by atoms with E-state index in [4.69, 9.17) is 10.8 Å². The number of nitrogens with two attached hydrogens (primary N) is 1. The normalized spacial score (nSPS) is 10.2. The van der Waals surface area contributed by atoms with Crippen molar-refractivity contribution in [2.45, 2.75) is 0 Å². The molecular weight excluding hydrogens is 316 g/mol. The smallest absolute Gasteiger partial charge is 0.335 e. The van der Waals surface area contributed by atoms with Crippen molar-refractivity contribution in [2.75, 3.05) is 11.1 Å². The second-order valence-electron chi connectivity index (χ2n) is 5.50. The van der Waals surface area contributed by atoms with Crippen molar-refractivity contribution in [3.8, 4) is 0 Å². The van der Waals surface area contributed by atoms with Gasteiger partial charge in [-0.2, -0.15) is 0 Å². The van der Waals surface area contributed by atoms with E-state index in [0.29, 0.717) is 22.5 Å². The van der Waals surface area contributed by atoms with Crippen molar-refractivity contribution >= 4 is 28.8 Å². The average molecular weight is 332 g/mol. The fourth-order valence-electron chi connectivity index (χ4n) is 2.43. The van der Waals surface area contributed by atoms with Crippen molar-refractivity contribution in [1.82, 2.24) is 0 Å². The Morgan fingerprint density at radius 2 is 1.40 bits per heavy atom. The van der Waals surface area contributed by atoms with Gasteiger partial charge in [-0.3, -0.25) is 4.79 Å². The Hall–Kier alpha value is -3.60. The number of ketones is 1. The van der Waals surface area contributed by atoms with Gasteiger partial charge < -0.3 is 16.2 Å². The summed E-state index contributed by atoms with van der Waals surface area (Å²) in [5.74, 6) is -1.07. The van der Waals surface area contributed by atoms with Gasteiger partial charge >= 0.3 is 5.97 Å². The van der Waals surface area contributed by atoms with Crippen LogP contribution in [0.5, 0.6) is 0 Å². The first-order valence-corrected chi connectivity index (χ1v) is 7.64. The molecule has 0 amide bonds. The molecule has 0 saturated heterocycles. The van der Waals surface area contributed by atoms with Crippen LogP contribution < -0.4 is 11.1 Å². The molecule has 4 N–H and O–H groups in total. The van der Waals surface area contributed by atoms with Gasteiger partial charge in [0, 0.05) is 16.8 Å². The predicted molar refractivity (Wildman–Crippen MR) is 97.4 cm³/mol. The zero-order chi connectivity index (χ0) is 17.8. The van der Waals surface area contributed by atoms with E-state index >= 15 is 0 Å². The number of nitrogens with one attached hydrogen (secondary N) is 1. The van der Waals surface area contributed by atoms with Crippen molar-refractivity contribution < 1.29 is 14.7 Å². The summed E-state index contributed by atoms with van der Waals surface area (Å²) >= 11 is 0. The summed E-state index contributed by atoms with van der Waals surface area (Å²) in [6.45, 7) is 0. The van der Waals surface area contributed by atoms with Gasteiger partial charge in [0.05, 0.1) is 16.9 Å². The molecule has 0 saturated carbocycles. The van der Waals surface area contributed by atoms with E-state index in [1.807, 2.05) is 18.2 Å². The predicted octanol–water partition coefficient (Wildman–Crippen LogP) is 3.94. The molecule has 0 radical (unpaired) electrons. The Morgan fingerprint density at radius 1 is 0.800 bits per heavy atom. The van der Waals surface area contributed by atoms with Crippen molar-refractivity contribution in [3.05, 3.63) is 89.5 Å². The fraction of sp³-hybridized carbons (Fsp3) is 0. The largest absolute Gasteiger partial charge is 0.478 e. The molecule has 0 heterocycles. The van der Waals surface area contributed by atoms with Crippen LogP contribution in [0.4, 0.5) is 17.1 Å². The van der Waals surface area contributed by atoms with Crippen LogP contribution in [-0.2, 0) is 0 Å². The summed E-state index contributed by atoms with van der Waals surface area (Å²) in [7, 11) is 0. The monoisotopic (exact) mass is 332 g/mol. The van der Waals surface area contributed by atoms with Crippen LogP contribution in [0.25, 0.3) is 0 Å². The first kappa shape index (κ1) is 16.3. The fourth-order valence-corrected chi connectivity index (χ4v) is 2.43. The number of carboxylic acids is 1. The molecule has 3 aromatic rings. The van der Waals surface area contributed by atoms with Crippen LogP contribution in [0.3, 0.4) is 0 Å². The van der Waals surface area contributed by atoms with Gasteiger partial charge in [-0.15, -0.1) is 0 Å². The number of anilines is 3. The highest BCUT2D eigenvalue weighted by molar-refractivity contribution is 6.09.